The van der Waals surface area contributed by atoms with Gasteiger partial charge in [0.15, 0.2) is 0 Å². The van der Waals surface area contributed by atoms with Gasteiger partial charge in [-0.05, 0) is 28.8 Å². The minimum Gasteiger partial charge on any atom is -0.376 e. The fraction of sp³-hybridized carbons (Fsp3) is 0.667. The molecule has 0 N–H and O–H groups in total. The van der Waals surface area contributed by atoms with Gasteiger partial charge in [0.2, 0.25) is 0 Å². The van der Waals surface area contributed by atoms with Crippen LogP contribution in [0.25, 0.3) is 0 Å². The number of halogens is 1. The second kappa shape index (κ2) is 2.82. The molecule has 0 bridgehead atoms. The lowest BCUT2D eigenvalue weighted by Gasteiger charge is -2.09. The summed E-state index contributed by atoms with van der Waals surface area (Å²) in [6, 6.07) is 0.653. The van der Waals surface area contributed by atoms with E-state index in [-0.39, 0.29) is 0 Å². The van der Waals surface area contributed by atoms with Gasteiger partial charge in [-0.1, -0.05) is 0 Å². The molecule has 0 radical (unpaired) electrons. The molecule has 0 aromatic carbocycles. The molecule has 13 heavy (non-hydrogen) atoms. The second-order valence-electron chi connectivity index (χ2n) is 3.69. The van der Waals surface area contributed by atoms with Crippen molar-refractivity contribution in [2.45, 2.75) is 31.9 Å². The van der Waals surface area contributed by atoms with Crippen molar-refractivity contribution in [2.24, 2.45) is 0 Å². The average molecular weight is 243 g/mol. The predicted molar refractivity (Wildman–Crippen MR) is 51.6 cm³/mol. The van der Waals surface area contributed by atoms with E-state index >= 15 is 0 Å². The Morgan fingerprint density at radius 2 is 2.31 bits per heavy atom. The zero-order chi connectivity index (χ0) is 8.84. The SMILES string of the molecule is Brc1c2c(nn1C1CC1)CCOC2. The predicted octanol–water partition coefficient (Wildman–Crippen LogP) is 2.05. The standard InChI is InChI=1S/C9H11BrN2O/c10-9-7-5-13-4-3-8(7)11-12(9)6-1-2-6/h6H,1-5H2. The summed E-state index contributed by atoms with van der Waals surface area (Å²) in [5, 5.41) is 4.60. The zero-order valence-corrected chi connectivity index (χ0v) is 8.88. The number of fused-ring (bicyclic) bond motifs is 1. The first-order valence-corrected chi connectivity index (χ1v) is 5.49. The van der Waals surface area contributed by atoms with Crippen LogP contribution >= 0.6 is 15.9 Å². The van der Waals surface area contributed by atoms with Gasteiger partial charge >= 0.3 is 0 Å². The lowest BCUT2D eigenvalue weighted by atomic mass is 10.2. The Morgan fingerprint density at radius 3 is 3.00 bits per heavy atom. The molecular weight excluding hydrogens is 232 g/mol. The van der Waals surface area contributed by atoms with Crippen molar-refractivity contribution >= 4 is 15.9 Å². The van der Waals surface area contributed by atoms with Crippen LogP contribution in [0.1, 0.15) is 30.1 Å². The number of ether oxygens (including phenoxy) is 1. The molecule has 0 saturated heterocycles. The fourth-order valence-electron chi connectivity index (χ4n) is 1.74. The lowest BCUT2D eigenvalue weighted by molar-refractivity contribution is 0.110. The fourth-order valence-corrected chi connectivity index (χ4v) is 2.45. The summed E-state index contributed by atoms with van der Waals surface area (Å²) in [7, 11) is 0. The Hall–Kier alpha value is -0.350. The number of aromatic nitrogens is 2. The molecule has 1 saturated carbocycles. The normalized spacial score (nSPS) is 21.6. The van der Waals surface area contributed by atoms with E-state index in [1.54, 1.807) is 0 Å². The Kier molecular flexibility index (Phi) is 1.73. The summed E-state index contributed by atoms with van der Waals surface area (Å²) in [5.74, 6) is 0. The number of hydrogen-bond acceptors (Lipinski definition) is 2. The maximum absolute atomic E-state index is 5.41. The van der Waals surface area contributed by atoms with Gasteiger partial charge in [-0.15, -0.1) is 0 Å². The lowest BCUT2D eigenvalue weighted by Crippen LogP contribution is -2.08. The molecule has 1 fully saturated rings. The van der Waals surface area contributed by atoms with Gasteiger partial charge in [0.05, 0.1) is 24.9 Å². The first-order valence-electron chi connectivity index (χ1n) is 4.70. The van der Waals surface area contributed by atoms with Crippen LogP contribution in [0, 0.1) is 0 Å². The molecule has 0 spiro atoms. The van der Waals surface area contributed by atoms with Crippen LogP contribution in [-0.4, -0.2) is 16.4 Å². The summed E-state index contributed by atoms with van der Waals surface area (Å²) in [6.07, 6.45) is 3.52. The molecule has 3 rings (SSSR count). The van der Waals surface area contributed by atoms with Crippen LogP contribution in [0.4, 0.5) is 0 Å². The molecular formula is C9H11BrN2O. The maximum Gasteiger partial charge on any atom is 0.110 e. The minimum atomic E-state index is 0.653. The van der Waals surface area contributed by atoms with Gasteiger partial charge < -0.3 is 4.74 Å². The molecule has 1 aliphatic heterocycles. The van der Waals surface area contributed by atoms with Gasteiger partial charge in [-0.25, -0.2) is 0 Å². The van der Waals surface area contributed by atoms with Crippen molar-refractivity contribution in [1.29, 1.82) is 0 Å². The maximum atomic E-state index is 5.41. The summed E-state index contributed by atoms with van der Waals surface area (Å²) < 4.78 is 8.67. The summed E-state index contributed by atoms with van der Waals surface area (Å²) in [6.45, 7) is 1.55. The molecule has 0 amide bonds. The van der Waals surface area contributed by atoms with E-state index in [0.29, 0.717) is 6.04 Å². The van der Waals surface area contributed by atoms with Crippen molar-refractivity contribution in [2.75, 3.05) is 6.61 Å². The molecule has 0 atom stereocenters. The third-order valence-corrected chi connectivity index (χ3v) is 3.49. The highest BCUT2D eigenvalue weighted by molar-refractivity contribution is 9.10. The van der Waals surface area contributed by atoms with Crippen LogP contribution in [0.3, 0.4) is 0 Å². The van der Waals surface area contributed by atoms with Gasteiger partial charge in [0, 0.05) is 12.0 Å². The van der Waals surface area contributed by atoms with E-state index in [1.165, 1.54) is 24.1 Å². The smallest absolute Gasteiger partial charge is 0.110 e. The van der Waals surface area contributed by atoms with Gasteiger partial charge in [0.25, 0.3) is 0 Å². The van der Waals surface area contributed by atoms with E-state index in [1.807, 2.05) is 0 Å². The van der Waals surface area contributed by atoms with Crippen molar-refractivity contribution in [1.82, 2.24) is 9.78 Å². The third kappa shape index (κ3) is 1.23. The minimum absolute atomic E-state index is 0.653. The molecule has 70 valence electrons. The van der Waals surface area contributed by atoms with Crippen LogP contribution in [0.5, 0.6) is 0 Å². The first kappa shape index (κ1) is 8.00. The van der Waals surface area contributed by atoms with Crippen LogP contribution < -0.4 is 0 Å². The summed E-state index contributed by atoms with van der Waals surface area (Å²) in [4.78, 5) is 0. The van der Waals surface area contributed by atoms with E-state index in [2.05, 4.69) is 25.7 Å². The van der Waals surface area contributed by atoms with E-state index in [0.717, 1.165) is 24.2 Å². The Morgan fingerprint density at radius 1 is 1.46 bits per heavy atom. The van der Waals surface area contributed by atoms with Gasteiger partial charge in [0.1, 0.15) is 4.60 Å². The van der Waals surface area contributed by atoms with Crippen molar-refractivity contribution in [3.63, 3.8) is 0 Å². The quantitative estimate of drug-likeness (QED) is 0.754. The van der Waals surface area contributed by atoms with E-state index in [4.69, 9.17) is 4.74 Å². The summed E-state index contributed by atoms with van der Waals surface area (Å²) >= 11 is 3.60. The molecule has 0 unspecified atom stereocenters. The van der Waals surface area contributed by atoms with Crippen molar-refractivity contribution in [3.8, 4) is 0 Å². The molecule has 3 nitrogen and oxygen atoms in total. The molecule has 2 heterocycles. The van der Waals surface area contributed by atoms with Gasteiger partial charge in [-0.3, -0.25) is 4.68 Å². The number of nitrogens with zero attached hydrogens (tertiary/aromatic N) is 2. The highest BCUT2D eigenvalue weighted by Gasteiger charge is 2.29. The highest BCUT2D eigenvalue weighted by Crippen LogP contribution is 2.39. The number of hydrogen-bond donors (Lipinski definition) is 0. The zero-order valence-electron chi connectivity index (χ0n) is 7.29. The van der Waals surface area contributed by atoms with Gasteiger partial charge in [-0.2, -0.15) is 5.10 Å². The number of rotatable bonds is 1. The van der Waals surface area contributed by atoms with Crippen molar-refractivity contribution in [3.05, 3.63) is 15.9 Å². The third-order valence-electron chi connectivity index (χ3n) is 2.65. The molecule has 2 aliphatic rings. The van der Waals surface area contributed by atoms with E-state index in [9.17, 15) is 0 Å². The van der Waals surface area contributed by atoms with Crippen molar-refractivity contribution < 1.29 is 4.74 Å². The average Bonchev–Trinajstić information content (AvgIpc) is 2.94. The van der Waals surface area contributed by atoms with Crippen LogP contribution in [-0.2, 0) is 17.8 Å². The molecule has 1 aromatic rings. The van der Waals surface area contributed by atoms with E-state index < -0.39 is 0 Å². The Bertz CT molecular complexity index is 344. The molecule has 1 aromatic heterocycles. The highest BCUT2D eigenvalue weighted by atomic mass is 79.9. The Balaban J connectivity index is 2.06. The molecule has 1 aliphatic carbocycles. The van der Waals surface area contributed by atoms with Crippen LogP contribution in [0.15, 0.2) is 4.60 Å². The monoisotopic (exact) mass is 242 g/mol. The summed E-state index contributed by atoms with van der Waals surface area (Å²) in [5.41, 5.74) is 2.49. The Labute approximate surface area is 85.2 Å². The second-order valence-corrected chi connectivity index (χ2v) is 4.45. The largest absolute Gasteiger partial charge is 0.376 e. The topological polar surface area (TPSA) is 27.1 Å². The first-order chi connectivity index (χ1) is 6.36. The molecule has 4 heteroatoms. The van der Waals surface area contributed by atoms with Crippen LogP contribution in [0.2, 0.25) is 0 Å².